The fourth-order valence-corrected chi connectivity index (χ4v) is 2.92. The van der Waals surface area contributed by atoms with Gasteiger partial charge in [-0.05, 0) is 43.2 Å². The van der Waals surface area contributed by atoms with Gasteiger partial charge < -0.3 is 14.5 Å². The number of hydrogen-bond acceptors (Lipinski definition) is 4. The molecule has 26 heavy (non-hydrogen) atoms. The van der Waals surface area contributed by atoms with E-state index in [0.717, 1.165) is 16.5 Å². The van der Waals surface area contributed by atoms with E-state index in [1.54, 1.807) is 25.3 Å². The molecule has 0 atom stereocenters. The molecule has 3 aromatic rings. The molecule has 0 fully saturated rings. The third kappa shape index (κ3) is 3.94. The van der Waals surface area contributed by atoms with Crippen LogP contribution in [-0.4, -0.2) is 23.8 Å². The molecule has 2 aromatic carbocycles. The largest absolute Gasteiger partial charge is 0.496 e. The maximum absolute atomic E-state index is 12.1. The van der Waals surface area contributed by atoms with Crippen molar-refractivity contribution in [2.75, 3.05) is 7.11 Å². The van der Waals surface area contributed by atoms with Gasteiger partial charge in [0.15, 0.2) is 5.78 Å². The third-order valence-electron chi connectivity index (χ3n) is 4.35. The Balaban J connectivity index is 1.60. The van der Waals surface area contributed by atoms with Gasteiger partial charge in [-0.3, -0.25) is 9.59 Å². The van der Waals surface area contributed by atoms with Crippen molar-refractivity contribution >= 4 is 22.7 Å². The lowest BCUT2D eigenvalue weighted by atomic mass is 10.1. The van der Waals surface area contributed by atoms with Crippen molar-refractivity contribution in [2.24, 2.45) is 0 Å². The zero-order valence-corrected chi connectivity index (χ0v) is 14.9. The summed E-state index contributed by atoms with van der Waals surface area (Å²) in [6.07, 6.45) is 2.82. The van der Waals surface area contributed by atoms with Gasteiger partial charge in [0.2, 0.25) is 0 Å². The molecule has 0 amide bonds. The lowest BCUT2D eigenvalue weighted by molar-refractivity contribution is -0.144. The second kappa shape index (κ2) is 7.87. The van der Waals surface area contributed by atoms with Crippen LogP contribution in [0.5, 0.6) is 5.75 Å². The molecular formula is C21H21NO4. The maximum Gasteiger partial charge on any atom is 0.306 e. The van der Waals surface area contributed by atoms with Crippen LogP contribution in [-0.2, 0) is 22.6 Å². The highest BCUT2D eigenvalue weighted by atomic mass is 16.5. The summed E-state index contributed by atoms with van der Waals surface area (Å²) in [5.41, 5.74) is 3.40. The average Bonchev–Trinajstić information content (AvgIpc) is 3.07. The van der Waals surface area contributed by atoms with Crippen molar-refractivity contribution in [3.63, 3.8) is 0 Å². The number of H-pyrrole nitrogens is 1. The second-order valence-corrected chi connectivity index (χ2v) is 6.10. The molecule has 1 heterocycles. The fraction of sp³-hybridized carbons (Fsp3) is 0.238. The Morgan fingerprint density at radius 1 is 1.08 bits per heavy atom. The van der Waals surface area contributed by atoms with Crippen LogP contribution in [0.1, 0.15) is 34.8 Å². The number of Topliss-reactive ketones (excluding diaryl/α,β-unsaturated/α-hetero) is 1. The number of methoxy groups -OCH3 is 1. The normalized spacial score (nSPS) is 10.7. The van der Waals surface area contributed by atoms with Crippen LogP contribution in [0.15, 0.2) is 48.7 Å². The number of para-hydroxylation sites is 1. The molecule has 134 valence electrons. The smallest absolute Gasteiger partial charge is 0.306 e. The summed E-state index contributed by atoms with van der Waals surface area (Å²) in [6.45, 7) is 1.58. The summed E-state index contributed by atoms with van der Waals surface area (Å²) in [5, 5.41) is 1.12. The Labute approximate surface area is 151 Å². The predicted molar refractivity (Wildman–Crippen MR) is 99.4 cm³/mol. The molecule has 0 spiro atoms. The number of hydrogen-bond donors (Lipinski definition) is 1. The van der Waals surface area contributed by atoms with Crippen LogP contribution in [0.25, 0.3) is 10.9 Å². The molecule has 0 radical (unpaired) electrons. The van der Waals surface area contributed by atoms with Gasteiger partial charge in [0.25, 0.3) is 0 Å². The summed E-state index contributed by atoms with van der Waals surface area (Å²) in [7, 11) is 1.55. The van der Waals surface area contributed by atoms with E-state index in [9.17, 15) is 9.59 Å². The van der Waals surface area contributed by atoms with Crippen LogP contribution in [0.3, 0.4) is 0 Å². The van der Waals surface area contributed by atoms with Crippen molar-refractivity contribution in [3.05, 3.63) is 65.4 Å². The highest BCUT2D eigenvalue weighted by Gasteiger charge is 2.11. The van der Waals surface area contributed by atoms with E-state index < -0.39 is 0 Å². The fourth-order valence-electron chi connectivity index (χ4n) is 2.92. The second-order valence-electron chi connectivity index (χ2n) is 6.10. The zero-order valence-electron chi connectivity index (χ0n) is 14.9. The van der Waals surface area contributed by atoms with Gasteiger partial charge in [-0.15, -0.1) is 0 Å². The standard InChI is InChI=1S/C21H21NO4/c1-14(23)15-7-9-20(25-2)17(11-15)13-26-21(24)10-8-16-12-22-19-6-4-3-5-18(16)19/h3-7,9,11-12,22H,8,10,13H2,1-2H3. The molecular weight excluding hydrogens is 330 g/mol. The molecule has 1 aromatic heterocycles. The molecule has 0 saturated heterocycles. The first-order valence-corrected chi connectivity index (χ1v) is 8.47. The first-order chi connectivity index (χ1) is 12.6. The van der Waals surface area contributed by atoms with Crippen molar-refractivity contribution in [2.45, 2.75) is 26.4 Å². The van der Waals surface area contributed by atoms with Crippen LogP contribution >= 0.6 is 0 Å². The monoisotopic (exact) mass is 351 g/mol. The summed E-state index contributed by atoms with van der Waals surface area (Å²) in [5.74, 6) is 0.268. The number of carbonyl (C=O) groups is 2. The lowest BCUT2D eigenvalue weighted by Crippen LogP contribution is -2.07. The van der Waals surface area contributed by atoms with E-state index in [1.807, 2.05) is 30.5 Å². The molecule has 1 N–H and O–H groups in total. The van der Waals surface area contributed by atoms with Crippen LogP contribution in [0.2, 0.25) is 0 Å². The number of aromatic amines is 1. The molecule has 0 unspecified atom stereocenters. The number of ketones is 1. The minimum Gasteiger partial charge on any atom is -0.496 e. The maximum atomic E-state index is 12.1. The van der Waals surface area contributed by atoms with E-state index in [4.69, 9.17) is 9.47 Å². The number of aryl methyl sites for hydroxylation is 1. The summed E-state index contributed by atoms with van der Waals surface area (Å²) in [6, 6.07) is 13.1. The molecule has 0 aliphatic carbocycles. The molecule has 5 nitrogen and oxygen atoms in total. The van der Waals surface area contributed by atoms with Gasteiger partial charge >= 0.3 is 5.97 Å². The number of aromatic nitrogens is 1. The summed E-state index contributed by atoms with van der Waals surface area (Å²) < 4.78 is 10.6. The van der Waals surface area contributed by atoms with Gasteiger partial charge in [-0.25, -0.2) is 0 Å². The van der Waals surface area contributed by atoms with Gasteiger partial charge in [-0.2, -0.15) is 0 Å². The summed E-state index contributed by atoms with van der Waals surface area (Å²) >= 11 is 0. The number of rotatable bonds is 7. The van der Waals surface area contributed by atoms with E-state index in [0.29, 0.717) is 23.3 Å². The Morgan fingerprint density at radius 3 is 2.65 bits per heavy atom. The highest BCUT2D eigenvalue weighted by molar-refractivity contribution is 5.94. The van der Waals surface area contributed by atoms with E-state index in [-0.39, 0.29) is 24.8 Å². The van der Waals surface area contributed by atoms with Crippen LogP contribution in [0.4, 0.5) is 0 Å². The quantitative estimate of drug-likeness (QED) is 0.515. The molecule has 0 saturated carbocycles. The van der Waals surface area contributed by atoms with Crippen LogP contribution in [0, 0.1) is 0 Å². The van der Waals surface area contributed by atoms with Crippen molar-refractivity contribution in [3.8, 4) is 5.75 Å². The first kappa shape index (κ1) is 17.7. The van der Waals surface area contributed by atoms with Gasteiger partial charge in [0.05, 0.1) is 7.11 Å². The predicted octanol–water partition coefficient (Wildman–Crippen LogP) is 4.06. The Kier molecular flexibility index (Phi) is 5.37. The molecule has 0 aliphatic rings. The first-order valence-electron chi connectivity index (χ1n) is 8.47. The summed E-state index contributed by atoms with van der Waals surface area (Å²) in [4.78, 5) is 26.9. The SMILES string of the molecule is COc1ccc(C(C)=O)cc1COC(=O)CCc1c[nH]c2ccccc12. The minimum atomic E-state index is -0.287. The average molecular weight is 351 g/mol. The topological polar surface area (TPSA) is 68.4 Å². The zero-order chi connectivity index (χ0) is 18.5. The van der Waals surface area contributed by atoms with Gasteiger partial charge in [0.1, 0.15) is 12.4 Å². The molecule has 5 heteroatoms. The van der Waals surface area contributed by atoms with E-state index in [2.05, 4.69) is 4.98 Å². The number of ether oxygens (including phenoxy) is 2. The number of fused-ring (bicyclic) bond motifs is 1. The van der Waals surface area contributed by atoms with Gasteiger partial charge in [-0.1, -0.05) is 18.2 Å². The molecule has 0 aliphatic heterocycles. The minimum absolute atomic E-state index is 0.0421. The Hall–Kier alpha value is -3.08. The van der Waals surface area contributed by atoms with Crippen molar-refractivity contribution in [1.29, 1.82) is 0 Å². The number of carbonyl (C=O) groups excluding carboxylic acids is 2. The number of benzene rings is 2. The molecule has 3 rings (SSSR count). The van der Waals surface area contributed by atoms with E-state index in [1.165, 1.54) is 6.92 Å². The number of esters is 1. The Morgan fingerprint density at radius 2 is 1.88 bits per heavy atom. The number of nitrogens with one attached hydrogen (secondary N) is 1. The van der Waals surface area contributed by atoms with Crippen molar-refractivity contribution in [1.82, 2.24) is 4.98 Å². The Bertz CT molecular complexity index is 942. The molecule has 0 bridgehead atoms. The highest BCUT2D eigenvalue weighted by Crippen LogP contribution is 2.22. The van der Waals surface area contributed by atoms with Crippen molar-refractivity contribution < 1.29 is 19.1 Å². The lowest BCUT2D eigenvalue weighted by Gasteiger charge is -2.10. The van der Waals surface area contributed by atoms with Crippen LogP contribution < -0.4 is 4.74 Å². The third-order valence-corrected chi connectivity index (χ3v) is 4.35. The van der Waals surface area contributed by atoms with E-state index >= 15 is 0 Å². The van der Waals surface area contributed by atoms with Gasteiger partial charge in [0, 0.05) is 34.6 Å².